The molecule has 1 fully saturated rings. The molecule has 1 aliphatic heterocycles. The summed E-state index contributed by atoms with van der Waals surface area (Å²) in [6.07, 6.45) is 2.73. The second-order valence-corrected chi connectivity index (χ2v) is 8.00. The van der Waals surface area contributed by atoms with Crippen LogP contribution in [0.3, 0.4) is 0 Å². The van der Waals surface area contributed by atoms with Gasteiger partial charge in [-0.15, -0.1) is 0 Å². The third-order valence-electron chi connectivity index (χ3n) is 4.10. The first-order valence-electron chi connectivity index (χ1n) is 7.66. The van der Waals surface area contributed by atoms with Crippen molar-refractivity contribution in [2.45, 2.75) is 38.8 Å². The van der Waals surface area contributed by atoms with Crippen LogP contribution < -0.4 is 0 Å². The normalized spacial score (nSPS) is 20.9. The van der Waals surface area contributed by atoms with Crippen molar-refractivity contribution in [2.75, 3.05) is 18.1 Å². The minimum atomic E-state index is -3.09. The number of hydrogen-bond acceptors (Lipinski definition) is 5. The van der Waals surface area contributed by atoms with Gasteiger partial charge >= 0.3 is 5.97 Å². The zero-order chi connectivity index (χ0) is 17.0. The number of aromatic amines is 1. The van der Waals surface area contributed by atoms with Crippen molar-refractivity contribution >= 4 is 21.7 Å². The Labute approximate surface area is 135 Å². The van der Waals surface area contributed by atoms with Crippen LogP contribution in [0, 0.1) is 0 Å². The maximum atomic E-state index is 12.5. The van der Waals surface area contributed by atoms with Crippen LogP contribution in [-0.4, -0.2) is 60.4 Å². The van der Waals surface area contributed by atoms with Crippen molar-refractivity contribution < 1.29 is 22.7 Å². The van der Waals surface area contributed by atoms with Crippen LogP contribution in [0.1, 0.15) is 37.2 Å². The molecule has 0 spiro atoms. The Morgan fingerprint density at radius 1 is 1.48 bits per heavy atom. The number of carbonyl (C=O) groups excluding carboxylic acids is 2. The van der Waals surface area contributed by atoms with Gasteiger partial charge in [0.05, 0.1) is 11.5 Å². The topological polar surface area (TPSA) is 96.5 Å². The molecule has 128 valence electrons. The summed E-state index contributed by atoms with van der Waals surface area (Å²) in [5.41, 5.74) is 0.274. The molecule has 0 unspecified atom stereocenters. The lowest BCUT2D eigenvalue weighted by Crippen LogP contribution is -2.48. The number of amides is 1. The van der Waals surface area contributed by atoms with Gasteiger partial charge in [0, 0.05) is 18.3 Å². The van der Waals surface area contributed by atoms with Crippen LogP contribution >= 0.6 is 0 Å². The van der Waals surface area contributed by atoms with Gasteiger partial charge < -0.3 is 14.6 Å². The highest BCUT2D eigenvalue weighted by Gasteiger charge is 2.36. The average molecular weight is 342 g/mol. The van der Waals surface area contributed by atoms with Gasteiger partial charge in [-0.05, 0) is 31.9 Å². The van der Waals surface area contributed by atoms with Gasteiger partial charge in [-0.2, -0.15) is 0 Å². The predicted molar refractivity (Wildman–Crippen MR) is 84.7 cm³/mol. The van der Waals surface area contributed by atoms with Crippen molar-refractivity contribution in [3.05, 3.63) is 24.0 Å². The van der Waals surface area contributed by atoms with Crippen LogP contribution in [0.15, 0.2) is 18.3 Å². The molecule has 1 N–H and O–H groups in total. The smallest absolute Gasteiger partial charge is 0.355 e. The van der Waals surface area contributed by atoms with Gasteiger partial charge in [0.2, 0.25) is 0 Å². The Balaban J connectivity index is 2.01. The monoisotopic (exact) mass is 342 g/mol. The van der Waals surface area contributed by atoms with Crippen LogP contribution in [-0.2, 0) is 19.4 Å². The zero-order valence-corrected chi connectivity index (χ0v) is 14.1. The van der Waals surface area contributed by atoms with Crippen molar-refractivity contribution in [1.82, 2.24) is 9.88 Å². The number of rotatable bonds is 6. The van der Waals surface area contributed by atoms with E-state index in [1.54, 1.807) is 23.2 Å². The van der Waals surface area contributed by atoms with Crippen LogP contribution in [0.2, 0.25) is 0 Å². The predicted octanol–water partition coefficient (Wildman–Crippen LogP) is 0.986. The molecule has 2 heterocycles. The Morgan fingerprint density at radius 2 is 2.22 bits per heavy atom. The molecular formula is C15H22N2O5S. The molecule has 7 nitrogen and oxygen atoms in total. The van der Waals surface area contributed by atoms with E-state index in [0.29, 0.717) is 12.8 Å². The summed E-state index contributed by atoms with van der Waals surface area (Å²) >= 11 is 0. The summed E-state index contributed by atoms with van der Waals surface area (Å²) in [7, 11) is -3.09. The lowest BCUT2D eigenvalue weighted by molar-refractivity contribution is -0.138. The van der Waals surface area contributed by atoms with Crippen molar-refractivity contribution in [3.63, 3.8) is 0 Å². The molecule has 1 saturated heterocycles. The number of ether oxygens (including phenoxy) is 1. The summed E-state index contributed by atoms with van der Waals surface area (Å²) in [5, 5.41) is 0. The number of esters is 1. The van der Waals surface area contributed by atoms with Gasteiger partial charge in [0.25, 0.3) is 5.91 Å². The fourth-order valence-corrected chi connectivity index (χ4v) is 4.45. The number of H-pyrrole nitrogens is 1. The molecule has 23 heavy (non-hydrogen) atoms. The first kappa shape index (κ1) is 17.5. The Kier molecular flexibility index (Phi) is 5.46. The quantitative estimate of drug-likeness (QED) is 0.778. The first-order chi connectivity index (χ1) is 10.8. The maximum Gasteiger partial charge on any atom is 0.355 e. The number of nitrogens with zero attached hydrogens (tertiary/aromatic N) is 1. The number of nitrogens with one attached hydrogen (secondary N) is 1. The maximum absolute atomic E-state index is 12.5. The van der Waals surface area contributed by atoms with Gasteiger partial charge in [0.15, 0.2) is 16.4 Å². The molecular weight excluding hydrogens is 320 g/mol. The van der Waals surface area contributed by atoms with Gasteiger partial charge in [-0.25, -0.2) is 13.2 Å². The van der Waals surface area contributed by atoms with Gasteiger partial charge in [-0.1, -0.05) is 6.92 Å². The van der Waals surface area contributed by atoms with E-state index in [2.05, 4.69) is 4.98 Å². The summed E-state index contributed by atoms with van der Waals surface area (Å²) in [6.45, 7) is 3.41. The second-order valence-electron chi connectivity index (χ2n) is 5.78. The van der Waals surface area contributed by atoms with E-state index in [0.717, 1.165) is 0 Å². The minimum absolute atomic E-state index is 0.0202. The Bertz CT molecular complexity index is 653. The minimum Gasteiger partial charge on any atom is -0.451 e. The molecule has 8 heteroatoms. The van der Waals surface area contributed by atoms with Gasteiger partial charge in [0.1, 0.15) is 5.69 Å². The molecule has 0 aromatic carbocycles. The fraction of sp³-hybridized carbons (Fsp3) is 0.600. The van der Waals surface area contributed by atoms with E-state index in [1.165, 1.54) is 0 Å². The summed E-state index contributed by atoms with van der Waals surface area (Å²) in [4.78, 5) is 28.5. The number of hydrogen-bond donors (Lipinski definition) is 1. The molecule has 0 saturated carbocycles. The molecule has 0 radical (unpaired) electrons. The molecule has 1 aromatic heterocycles. The molecule has 1 aliphatic rings. The van der Waals surface area contributed by atoms with E-state index in [1.807, 2.05) is 13.8 Å². The summed E-state index contributed by atoms with van der Waals surface area (Å²) in [6, 6.07) is 2.77. The molecule has 0 bridgehead atoms. The molecule has 1 aromatic rings. The van der Waals surface area contributed by atoms with Crippen molar-refractivity contribution in [3.8, 4) is 0 Å². The third kappa shape index (κ3) is 4.34. The van der Waals surface area contributed by atoms with Crippen molar-refractivity contribution in [2.24, 2.45) is 0 Å². The number of carbonyl (C=O) groups is 2. The van der Waals surface area contributed by atoms with Gasteiger partial charge in [-0.3, -0.25) is 4.79 Å². The molecule has 1 amide bonds. The Morgan fingerprint density at radius 3 is 2.74 bits per heavy atom. The van der Waals surface area contributed by atoms with Crippen LogP contribution in [0.5, 0.6) is 0 Å². The summed E-state index contributed by atoms with van der Waals surface area (Å²) in [5.74, 6) is -0.888. The molecule has 0 aliphatic carbocycles. The highest BCUT2D eigenvalue weighted by molar-refractivity contribution is 7.91. The lowest BCUT2D eigenvalue weighted by atomic mass is 10.1. The SMILES string of the molecule is CC[C@@H](C)N(C(=O)COC(=O)c1ccc[nH]1)[C@@H]1CCS(=O)(=O)C1. The first-order valence-corrected chi connectivity index (χ1v) is 9.48. The van der Waals surface area contributed by atoms with Crippen LogP contribution in [0.4, 0.5) is 0 Å². The summed E-state index contributed by atoms with van der Waals surface area (Å²) < 4.78 is 28.4. The highest BCUT2D eigenvalue weighted by atomic mass is 32.2. The third-order valence-corrected chi connectivity index (χ3v) is 5.85. The highest BCUT2D eigenvalue weighted by Crippen LogP contribution is 2.21. The van der Waals surface area contributed by atoms with E-state index in [9.17, 15) is 18.0 Å². The number of sulfone groups is 1. The Hall–Kier alpha value is -1.83. The second kappa shape index (κ2) is 7.16. The van der Waals surface area contributed by atoms with E-state index in [4.69, 9.17) is 4.74 Å². The van der Waals surface area contributed by atoms with E-state index >= 15 is 0 Å². The fourth-order valence-electron chi connectivity index (χ4n) is 2.74. The molecule has 2 atom stereocenters. The standard InChI is InChI=1S/C15H22N2O5S/c1-3-11(2)17(12-6-8-23(20,21)10-12)14(18)9-22-15(19)13-5-4-7-16-13/h4-5,7,11-12,16H,3,6,8-10H2,1-2H3/t11-,12-/m1/s1. The zero-order valence-electron chi connectivity index (χ0n) is 13.3. The van der Waals surface area contributed by atoms with Crippen LogP contribution in [0.25, 0.3) is 0 Å². The van der Waals surface area contributed by atoms with E-state index in [-0.39, 0.29) is 35.2 Å². The largest absolute Gasteiger partial charge is 0.451 e. The van der Waals surface area contributed by atoms with Crippen molar-refractivity contribution in [1.29, 1.82) is 0 Å². The van der Waals surface area contributed by atoms with E-state index < -0.39 is 22.4 Å². The number of aromatic nitrogens is 1. The molecule has 2 rings (SSSR count). The lowest BCUT2D eigenvalue weighted by Gasteiger charge is -2.33. The average Bonchev–Trinajstić information content (AvgIpc) is 3.14.